The second-order valence-electron chi connectivity index (χ2n) is 2.67. The Hall–Kier alpha value is 0.619. The third-order valence-corrected chi connectivity index (χ3v) is 16.5. The summed E-state index contributed by atoms with van der Waals surface area (Å²) in [6.07, 6.45) is 1.84. The molecule has 0 aromatic heterocycles. The van der Waals surface area contributed by atoms with Crippen molar-refractivity contribution in [2.24, 2.45) is 0 Å². The Bertz CT molecular complexity index is 313. The fraction of sp³-hybridized carbons (Fsp3) is 1.00. The van der Waals surface area contributed by atoms with Crippen molar-refractivity contribution in [2.75, 3.05) is 12.5 Å². The molecule has 0 rings (SSSR count). The molecule has 9 heteroatoms. The van der Waals surface area contributed by atoms with E-state index in [1.165, 1.54) is 0 Å². The van der Waals surface area contributed by atoms with E-state index in [4.69, 9.17) is 0 Å². The maximum atomic E-state index is 11.0. The summed E-state index contributed by atoms with van der Waals surface area (Å²) in [5.41, 5.74) is 0. The van der Waals surface area contributed by atoms with Crippen molar-refractivity contribution in [2.45, 2.75) is 9.88 Å². The molecule has 6 nitrogen and oxygen atoms in total. The van der Waals surface area contributed by atoms with Crippen molar-refractivity contribution in [3.63, 3.8) is 0 Å². The molecule has 0 atom stereocenters. The third kappa shape index (κ3) is 5.15. The standard InChI is InChI=1S/C2H6NO4S2.2CH3.H2O.Sn/c1-8(4,5)3-9(2,6)7;;;;/h1-2H3;2*1H3;1H2;/q-1;;;;+1. The molecule has 0 bridgehead atoms. The van der Waals surface area contributed by atoms with Crippen molar-refractivity contribution in [3.8, 4) is 0 Å². The zero-order chi connectivity index (χ0) is 10.2. The van der Waals surface area contributed by atoms with E-state index in [1.54, 1.807) is 9.88 Å². The van der Waals surface area contributed by atoms with Crippen LogP contribution in [0.1, 0.15) is 0 Å². The van der Waals surface area contributed by atoms with Gasteiger partial charge in [-0.3, -0.25) is 0 Å². The van der Waals surface area contributed by atoms with E-state index in [1.807, 2.05) is 0 Å². The number of hydrogen-bond donors (Lipinski definition) is 0. The molecule has 0 aliphatic rings. The number of hydrogen-bond acceptors (Lipinski definition) is 4. The summed E-state index contributed by atoms with van der Waals surface area (Å²) in [6, 6.07) is 0. The molecule has 0 spiro atoms. The van der Waals surface area contributed by atoms with Crippen molar-refractivity contribution in [3.05, 3.63) is 0 Å². The van der Waals surface area contributed by atoms with Crippen LogP contribution in [0.2, 0.25) is 9.88 Å². The van der Waals surface area contributed by atoms with E-state index in [0.717, 1.165) is 12.5 Å². The van der Waals surface area contributed by atoms with Crippen molar-refractivity contribution in [1.29, 1.82) is 0 Å². The molecule has 81 valence electrons. The summed E-state index contributed by atoms with van der Waals surface area (Å²) in [7, 11) is -7.18. The summed E-state index contributed by atoms with van der Waals surface area (Å²) < 4.78 is 44.7. The first kappa shape index (κ1) is 16.1. The first-order valence-electron chi connectivity index (χ1n) is 3.07. The zero-order valence-corrected chi connectivity index (χ0v) is 12.4. The van der Waals surface area contributed by atoms with Crippen LogP contribution >= 0.6 is 0 Å². The van der Waals surface area contributed by atoms with Gasteiger partial charge in [0, 0.05) is 0 Å². The molecule has 13 heavy (non-hydrogen) atoms. The van der Waals surface area contributed by atoms with E-state index >= 15 is 0 Å². The van der Waals surface area contributed by atoms with Crippen LogP contribution in [0.3, 0.4) is 0 Å². The number of sulfonamides is 2. The SMILES string of the molecule is O.[CH3][Sn]([CH3])[N](S(C)(=O)=O)S(C)(=O)=O. The topological polar surface area (TPSA) is 103 Å². The van der Waals surface area contributed by atoms with Gasteiger partial charge in [0.1, 0.15) is 0 Å². The van der Waals surface area contributed by atoms with Gasteiger partial charge in [-0.1, -0.05) is 0 Å². The average Bonchev–Trinajstić information content (AvgIpc) is 1.49. The monoisotopic (exact) mass is 340 g/mol. The van der Waals surface area contributed by atoms with Gasteiger partial charge in [0.2, 0.25) is 0 Å². The van der Waals surface area contributed by atoms with E-state index in [-0.39, 0.29) is 5.48 Å². The van der Waals surface area contributed by atoms with Crippen LogP contribution in [-0.4, -0.2) is 56.8 Å². The average molecular weight is 339 g/mol. The van der Waals surface area contributed by atoms with Crippen LogP contribution in [0.15, 0.2) is 0 Å². The Morgan fingerprint density at radius 2 is 1.15 bits per heavy atom. The Balaban J connectivity index is 0. The predicted molar refractivity (Wildman–Crippen MR) is 52.6 cm³/mol. The molecule has 1 radical (unpaired) electrons. The molecular weight excluding hydrogens is 325 g/mol. The normalized spacial score (nSPS) is 13.1. The molecule has 0 fully saturated rings. The van der Waals surface area contributed by atoms with E-state index in [0.29, 0.717) is 1.93 Å². The van der Waals surface area contributed by atoms with Gasteiger partial charge in [0.25, 0.3) is 0 Å². The summed E-state index contributed by atoms with van der Waals surface area (Å²) in [5, 5.41) is 0. The number of rotatable bonds is 3. The van der Waals surface area contributed by atoms with Crippen molar-refractivity contribution < 1.29 is 22.3 Å². The molecule has 0 aliphatic carbocycles. The third-order valence-electron chi connectivity index (χ3n) is 0.968. The van der Waals surface area contributed by atoms with Crippen LogP contribution < -0.4 is 0 Å². The van der Waals surface area contributed by atoms with Gasteiger partial charge in [-0.05, 0) is 0 Å². The van der Waals surface area contributed by atoms with Crippen molar-refractivity contribution in [1.82, 2.24) is 1.93 Å². The van der Waals surface area contributed by atoms with Gasteiger partial charge in [0.05, 0.1) is 0 Å². The molecule has 0 aliphatic heterocycles. The first-order chi connectivity index (χ1) is 5.07. The zero-order valence-electron chi connectivity index (χ0n) is 7.90. The molecule has 0 heterocycles. The minimum atomic E-state index is -3.59. The van der Waals surface area contributed by atoms with Crippen LogP contribution in [-0.2, 0) is 20.0 Å². The van der Waals surface area contributed by atoms with Crippen molar-refractivity contribution >= 4 is 40.1 Å². The second-order valence-corrected chi connectivity index (χ2v) is 15.1. The minimum absolute atomic E-state index is 0. The molecule has 2 N–H and O–H groups in total. The molecular formula is C4H14NO5S2Sn. The predicted octanol–water partition coefficient (Wildman–Crippen LogP) is -1.37. The van der Waals surface area contributed by atoms with Gasteiger partial charge in [-0.15, -0.1) is 0 Å². The molecule has 0 saturated heterocycles. The Morgan fingerprint density at radius 1 is 0.923 bits per heavy atom. The molecule has 0 amide bonds. The Morgan fingerprint density at radius 3 is 1.15 bits per heavy atom. The Labute approximate surface area is 86.4 Å². The summed E-state index contributed by atoms with van der Waals surface area (Å²) in [6.45, 7) is 0. The Kier molecular flexibility index (Phi) is 6.07. The number of nitrogens with zero attached hydrogens (tertiary/aromatic N) is 1. The van der Waals surface area contributed by atoms with Crippen LogP contribution in [0, 0.1) is 0 Å². The fourth-order valence-corrected chi connectivity index (χ4v) is 15.6. The van der Waals surface area contributed by atoms with Gasteiger partial charge < -0.3 is 5.48 Å². The van der Waals surface area contributed by atoms with Gasteiger partial charge in [-0.2, -0.15) is 0 Å². The van der Waals surface area contributed by atoms with Gasteiger partial charge >= 0.3 is 81.2 Å². The fourth-order valence-electron chi connectivity index (χ4n) is 0.909. The van der Waals surface area contributed by atoms with Crippen LogP contribution in [0.4, 0.5) is 0 Å². The molecule has 0 aromatic rings. The summed E-state index contributed by atoms with van der Waals surface area (Å²) in [5.74, 6) is 0. The maximum absolute atomic E-state index is 11.0. The summed E-state index contributed by atoms with van der Waals surface area (Å²) in [4.78, 5) is 3.40. The molecule has 0 saturated carbocycles. The molecule has 0 unspecified atom stereocenters. The second kappa shape index (κ2) is 4.91. The van der Waals surface area contributed by atoms with E-state index in [2.05, 4.69) is 0 Å². The summed E-state index contributed by atoms with van der Waals surface area (Å²) >= 11 is -2.42. The van der Waals surface area contributed by atoms with Gasteiger partial charge in [0.15, 0.2) is 0 Å². The van der Waals surface area contributed by atoms with Crippen LogP contribution in [0.25, 0.3) is 0 Å². The van der Waals surface area contributed by atoms with E-state index in [9.17, 15) is 16.8 Å². The quantitative estimate of drug-likeness (QED) is 0.592. The van der Waals surface area contributed by atoms with Crippen LogP contribution in [0.5, 0.6) is 0 Å². The molecule has 0 aromatic carbocycles. The van der Waals surface area contributed by atoms with Gasteiger partial charge in [-0.25, -0.2) is 0 Å². The first-order valence-corrected chi connectivity index (χ1v) is 13.8. The van der Waals surface area contributed by atoms with E-state index < -0.39 is 40.1 Å².